The second kappa shape index (κ2) is 16.3. The molecule has 7 fully saturated rings. The number of benzene rings is 2. The van der Waals surface area contributed by atoms with Crippen molar-refractivity contribution in [2.75, 3.05) is 67.8 Å². The van der Waals surface area contributed by atoms with Gasteiger partial charge < -0.3 is 58.6 Å². The van der Waals surface area contributed by atoms with Gasteiger partial charge >= 0.3 is 0 Å². The molecule has 3 spiro atoms. The number of hydrogen-bond donors (Lipinski definition) is 4. The van der Waals surface area contributed by atoms with Crippen LogP contribution in [0.5, 0.6) is 23.0 Å². The number of ether oxygens (including phenoxy) is 6. The molecule has 11 aliphatic rings. The van der Waals surface area contributed by atoms with E-state index in [1.807, 2.05) is 12.1 Å². The summed E-state index contributed by atoms with van der Waals surface area (Å²) in [7, 11) is 7.55. The molecule has 2 aromatic carbocycles. The first kappa shape index (κ1) is 44.5. The Morgan fingerprint density at radius 3 is 1.72 bits per heavy atom. The molecular weight excluding hydrogens is 829 g/mol. The van der Waals surface area contributed by atoms with Gasteiger partial charge in [-0.25, -0.2) is 0 Å². The van der Waals surface area contributed by atoms with Crippen LogP contribution < -0.4 is 18.9 Å². The summed E-state index contributed by atoms with van der Waals surface area (Å²) in [5.41, 5.74) is 1.81. The van der Waals surface area contributed by atoms with Crippen molar-refractivity contribution in [3.05, 3.63) is 46.5 Å². The zero-order valence-corrected chi connectivity index (χ0v) is 39.0. The van der Waals surface area contributed by atoms with E-state index in [-0.39, 0.29) is 37.2 Å². The minimum absolute atomic E-state index is 0.0438. The Labute approximate surface area is 384 Å². The van der Waals surface area contributed by atoms with Crippen molar-refractivity contribution in [3.8, 4) is 23.0 Å². The van der Waals surface area contributed by atoms with E-state index in [2.05, 4.69) is 36.0 Å². The van der Waals surface area contributed by atoms with Gasteiger partial charge in [0, 0.05) is 49.3 Å². The van der Waals surface area contributed by atoms with Crippen LogP contribution in [0.3, 0.4) is 0 Å². The van der Waals surface area contributed by atoms with Gasteiger partial charge in [-0.05, 0) is 138 Å². The van der Waals surface area contributed by atoms with E-state index < -0.39 is 33.9 Å². The lowest BCUT2D eigenvalue weighted by molar-refractivity contribution is -0.329. The number of methoxy groups -OCH3 is 2. The van der Waals surface area contributed by atoms with Gasteiger partial charge in [-0.3, -0.25) is 4.79 Å². The number of carbonyl (C=O) groups excluding carboxylic acids is 1. The summed E-state index contributed by atoms with van der Waals surface area (Å²) in [6, 6.07) is 8.34. The molecule has 356 valence electrons. The van der Waals surface area contributed by atoms with Gasteiger partial charge in [0.1, 0.15) is 0 Å². The zero-order chi connectivity index (χ0) is 45.1. The molecule has 5 aliphatic heterocycles. The molecule has 2 aromatic rings. The third-order valence-corrected chi connectivity index (χ3v) is 19.4. The van der Waals surface area contributed by atoms with E-state index in [1.165, 1.54) is 55.2 Å². The highest BCUT2D eigenvalue weighted by Gasteiger charge is 2.77. The van der Waals surface area contributed by atoms with Gasteiger partial charge in [-0.15, -0.1) is 0 Å². The van der Waals surface area contributed by atoms with Crippen LogP contribution >= 0.6 is 0 Å². The van der Waals surface area contributed by atoms with Gasteiger partial charge in [0.15, 0.2) is 41.0 Å². The quantitative estimate of drug-likeness (QED) is 0.330. The van der Waals surface area contributed by atoms with Gasteiger partial charge in [0.25, 0.3) is 0 Å². The van der Waals surface area contributed by atoms with E-state index in [0.717, 1.165) is 81.9 Å². The first-order valence-corrected chi connectivity index (χ1v) is 25.0. The van der Waals surface area contributed by atoms with Crippen molar-refractivity contribution in [2.24, 2.45) is 23.7 Å². The van der Waals surface area contributed by atoms with Crippen molar-refractivity contribution in [2.45, 2.75) is 155 Å². The molecule has 0 amide bonds. The number of rotatable bonds is 4. The number of carbonyl (C=O) groups is 1. The lowest BCUT2D eigenvalue weighted by atomic mass is 9.48. The molecular formula is C52H72N2O11. The standard InChI is InChI=1S/C26H35NO5.C18H21NO4.C8H16O2/c1-27-12-11-24-21-16-7-8-19(29-2)22(21)32-23(24)26(10-9-25(24,28)20(27)13-16)30-14-17-5-3-4-6-18(17)15-31-26;1-19-8-7-17-14-10-3-4-12(22-2)15(14)23-16(17)11(20)5-6-18(17,21)13(19)9-10;9-5-7-3-1-2-4-8(7)6-10/h7-8,17-18,20,23,28H,3-6,9-15H2,1-2H3;3-4,13,16,21H,5-9H2,1-2H3;7-10H,1-6H2/t17?,18?,20-,23-,24+,25?,26?;13-,16+,17+,18?;/m11./s1. The molecule has 12 atom stereocenters. The Hall–Kier alpha value is -3.01. The molecule has 4 bridgehead atoms. The van der Waals surface area contributed by atoms with Crippen LogP contribution in [0.1, 0.15) is 112 Å². The van der Waals surface area contributed by atoms with Crippen LogP contribution in [0.4, 0.5) is 0 Å². The minimum Gasteiger partial charge on any atom is -0.493 e. The molecule has 4 saturated carbocycles. The summed E-state index contributed by atoms with van der Waals surface area (Å²) in [5, 5.41) is 42.0. The Morgan fingerprint density at radius 1 is 0.662 bits per heavy atom. The van der Waals surface area contributed by atoms with Crippen molar-refractivity contribution in [1.82, 2.24) is 9.80 Å². The van der Waals surface area contributed by atoms with Crippen LogP contribution in [0.2, 0.25) is 0 Å². The number of aliphatic hydroxyl groups is 4. The van der Waals surface area contributed by atoms with Crippen LogP contribution in [-0.4, -0.2) is 145 Å². The summed E-state index contributed by atoms with van der Waals surface area (Å²) in [6.07, 6.45) is 14.3. The fraction of sp³-hybridized carbons (Fsp3) is 0.750. The maximum absolute atomic E-state index is 12.7. The molecule has 13 rings (SSSR count). The van der Waals surface area contributed by atoms with E-state index in [9.17, 15) is 15.0 Å². The lowest BCUT2D eigenvalue weighted by Gasteiger charge is -2.65. The molecule has 6 aliphatic carbocycles. The Morgan fingerprint density at radius 2 is 1.17 bits per heavy atom. The highest BCUT2D eigenvalue weighted by atomic mass is 16.7. The summed E-state index contributed by atoms with van der Waals surface area (Å²) in [4.78, 5) is 17.3. The van der Waals surface area contributed by atoms with Gasteiger partial charge in [-0.1, -0.05) is 37.8 Å². The first-order chi connectivity index (χ1) is 31.4. The molecule has 3 saturated heterocycles. The van der Waals surface area contributed by atoms with E-state index in [0.29, 0.717) is 60.9 Å². The molecule has 0 radical (unpaired) electrons. The van der Waals surface area contributed by atoms with Crippen LogP contribution in [0, 0.1) is 23.7 Å². The number of piperidine rings is 2. The molecule has 13 nitrogen and oxygen atoms in total. The van der Waals surface area contributed by atoms with Crippen molar-refractivity contribution in [3.63, 3.8) is 0 Å². The largest absolute Gasteiger partial charge is 0.493 e. The molecule has 5 heterocycles. The summed E-state index contributed by atoms with van der Waals surface area (Å²) in [6.45, 7) is 3.79. The third kappa shape index (κ3) is 6.14. The molecule has 65 heavy (non-hydrogen) atoms. The predicted molar refractivity (Wildman–Crippen MR) is 241 cm³/mol. The number of aliphatic hydroxyl groups excluding tert-OH is 2. The SMILES string of the molecule is COc1ccc2c3c1O[C@H]1C(=O)CCC4(O)[C@@H](C2)N(C)CC[C@]314.COc1ccc2c3c1O[C@H]1C4(CCC5(O)[C@@H](C2)N(C)CC[C@]315)OCC1CCCCC1CO4.OCC1CCCCC1CO. The van der Waals surface area contributed by atoms with E-state index in [4.69, 9.17) is 38.6 Å². The fourth-order valence-electron chi connectivity index (χ4n) is 15.9. The highest BCUT2D eigenvalue weighted by molar-refractivity contribution is 5.90. The summed E-state index contributed by atoms with van der Waals surface area (Å²) in [5.74, 6) is 4.13. The topological polar surface area (TPSA) is 160 Å². The number of likely N-dealkylation sites (tertiary alicyclic amines) is 2. The Balaban J connectivity index is 0.000000124. The summed E-state index contributed by atoms with van der Waals surface area (Å²) < 4.78 is 37.8. The predicted octanol–water partition coefficient (Wildman–Crippen LogP) is 4.85. The second-order valence-corrected chi connectivity index (χ2v) is 21.8. The zero-order valence-electron chi connectivity index (χ0n) is 39.0. The molecule has 0 aromatic heterocycles. The Kier molecular flexibility index (Phi) is 11.2. The number of nitrogens with zero attached hydrogens (tertiary/aromatic N) is 2. The maximum atomic E-state index is 12.7. The van der Waals surface area contributed by atoms with E-state index >= 15 is 0 Å². The third-order valence-electron chi connectivity index (χ3n) is 19.4. The molecule has 4 N–H and O–H groups in total. The monoisotopic (exact) mass is 901 g/mol. The van der Waals surface area contributed by atoms with Gasteiger partial charge in [0.2, 0.25) is 5.79 Å². The van der Waals surface area contributed by atoms with Gasteiger partial charge in [0.05, 0.1) is 49.5 Å². The summed E-state index contributed by atoms with van der Waals surface area (Å²) >= 11 is 0. The number of Topliss-reactive ketones (excluding diaryl/α,β-unsaturated/α-hetero) is 1. The van der Waals surface area contributed by atoms with Crippen molar-refractivity contribution in [1.29, 1.82) is 0 Å². The van der Waals surface area contributed by atoms with Crippen LogP contribution in [-0.2, 0) is 37.9 Å². The van der Waals surface area contributed by atoms with Crippen LogP contribution in [0.15, 0.2) is 24.3 Å². The Bertz CT molecular complexity index is 2140. The molecule has 6 unspecified atom stereocenters. The smallest absolute Gasteiger partial charge is 0.206 e. The lowest BCUT2D eigenvalue weighted by Crippen LogP contribution is -2.79. The first-order valence-electron chi connectivity index (χ1n) is 25.0. The number of fused-ring (bicyclic) bond motifs is 2. The van der Waals surface area contributed by atoms with E-state index in [1.54, 1.807) is 14.2 Å². The van der Waals surface area contributed by atoms with Crippen molar-refractivity contribution >= 4 is 5.78 Å². The van der Waals surface area contributed by atoms with Gasteiger partial charge in [-0.2, -0.15) is 0 Å². The average Bonchev–Trinajstić information content (AvgIpc) is 3.82. The number of hydrogen-bond acceptors (Lipinski definition) is 13. The highest BCUT2D eigenvalue weighted by Crippen LogP contribution is 2.68. The minimum atomic E-state index is -0.900. The average molecular weight is 901 g/mol. The van der Waals surface area contributed by atoms with Crippen molar-refractivity contribution < 1.29 is 53.6 Å². The molecule has 13 heteroatoms. The number of ketones is 1. The number of likely N-dealkylation sites (N-methyl/N-ethyl adjacent to an activating group) is 2. The second-order valence-electron chi connectivity index (χ2n) is 21.8. The van der Waals surface area contributed by atoms with Crippen LogP contribution in [0.25, 0.3) is 0 Å². The maximum Gasteiger partial charge on any atom is 0.206 e. The fourth-order valence-corrected chi connectivity index (χ4v) is 15.9. The normalized spacial score (nSPS) is 42.6.